The summed E-state index contributed by atoms with van der Waals surface area (Å²) in [5, 5.41) is 6.04. The largest absolute Gasteiger partial charge is 0.493 e. The third kappa shape index (κ3) is 5.01. The van der Waals surface area contributed by atoms with Gasteiger partial charge in [0, 0.05) is 10.0 Å². The normalized spacial score (nSPS) is 11.2. The third-order valence-electron chi connectivity index (χ3n) is 4.61. The molecule has 0 spiro atoms. The molecule has 0 fully saturated rings. The topological polar surface area (TPSA) is 73.2 Å². The molecule has 0 saturated carbocycles. The lowest BCUT2D eigenvalue weighted by Gasteiger charge is -2.15. The molecule has 1 amide bonds. The van der Waals surface area contributed by atoms with Crippen LogP contribution in [0.15, 0.2) is 46.0 Å². The van der Waals surface area contributed by atoms with E-state index in [9.17, 15) is 4.79 Å². The van der Waals surface area contributed by atoms with Crippen molar-refractivity contribution >= 4 is 89.3 Å². The number of rotatable bonds is 7. The Morgan fingerprint density at radius 1 is 1.06 bits per heavy atom. The molecule has 4 rings (SSSR count). The van der Waals surface area contributed by atoms with Gasteiger partial charge < -0.3 is 14.2 Å². The fourth-order valence-corrected chi connectivity index (χ4v) is 5.99. The first-order valence-electron chi connectivity index (χ1n) is 9.54. The lowest BCUT2D eigenvalue weighted by molar-refractivity contribution is 0.0988. The summed E-state index contributed by atoms with van der Waals surface area (Å²) in [6.45, 7) is 0. The Hall–Kier alpha value is -2.37. The number of fused-ring (bicyclic) bond motifs is 1. The highest BCUT2D eigenvalue weighted by molar-refractivity contribution is 9.10. The van der Waals surface area contributed by atoms with Crippen molar-refractivity contribution in [3.63, 3.8) is 0 Å². The molecule has 176 valence electrons. The van der Waals surface area contributed by atoms with Crippen molar-refractivity contribution < 1.29 is 19.0 Å². The Balaban J connectivity index is 1.80. The number of aromatic nitrogens is 1. The summed E-state index contributed by atoms with van der Waals surface area (Å²) in [5.74, 6) is 0.902. The van der Waals surface area contributed by atoms with Crippen LogP contribution in [0.3, 0.4) is 0 Å². The molecule has 0 unspecified atom stereocenters. The molecule has 7 nitrogen and oxygen atoms in total. The number of hydrogen-bond donors (Lipinski definition) is 0. The first-order valence-corrected chi connectivity index (χ1v) is 12.7. The highest BCUT2D eigenvalue weighted by Crippen LogP contribution is 2.38. The molecular formula is C22H16BrCl2N3O4S2. The first-order chi connectivity index (χ1) is 16.3. The predicted octanol–water partition coefficient (Wildman–Crippen LogP) is 7.13. The van der Waals surface area contributed by atoms with Crippen molar-refractivity contribution in [1.29, 1.82) is 0 Å². The van der Waals surface area contributed by atoms with Crippen LogP contribution in [0, 0.1) is 0 Å². The average molecular weight is 601 g/mol. The Morgan fingerprint density at radius 3 is 2.35 bits per heavy atom. The van der Waals surface area contributed by atoms with E-state index >= 15 is 0 Å². The molecule has 0 saturated heterocycles. The maximum absolute atomic E-state index is 13.5. The van der Waals surface area contributed by atoms with Crippen molar-refractivity contribution in [3.8, 4) is 17.2 Å². The van der Waals surface area contributed by atoms with Gasteiger partial charge in [0.15, 0.2) is 11.5 Å². The van der Waals surface area contributed by atoms with Crippen molar-refractivity contribution in [1.82, 2.24) is 4.98 Å². The van der Waals surface area contributed by atoms with E-state index in [4.69, 9.17) is 37.4 Å². The fourth-order valence-electron chi connectivity index (χ4n) is 3.07. The van der Waals surface area contributed by atoms with Gasteiger partial charge in [0.25, 0.3) is 5.91 Å². The quantitative estimate of drug-likeness (QED) is 0.167. The molecule has 0 aliphatic heterocycles. The van der Waals surface area contributed by atoms with E-state index in [2.05, 4.69) is 26.0 Å². The number of carbonyl (C=O) groups is 1. The number of nitrogens with zero attached hydrogens (tertiary/aromatic N) is 3. The maximum atomic E-state index is 13.5. The summed E-state index contributed by atoms with van der Waals surface area (Å²) in [5.41, 5.74) is 1.59. The number of anilines is 1. The molecule has 0 atom stereocenters. The van der Waals surface area contributed by atoms with Gasteiger partial charge in [-0.1, -0.05) is 50.5 Å². The molecule has 34 heavy (non-hydrogen) atoms. The van der Waals surface area contributed by atoms with E-state index in [1.807, 2.05) is 18.2 Å². The molecule has 0 N–H and O–H groups in total. The number of amides is 1. The molecular weight excluding hydrogens is 585 g/mol. The molecule has 2 aromatic heterocycles. The van der Waals surface area contributed by atoms with Crippen LogP contribution >= 0.6 is 61.8 Å². The Kier molecular flexibility index (Phi) is 7.63. The first kappa shape index (κ1) is 24.7. The van der Waals surface area contributed by atoms with E-state index in [0.717, 1.165) is 26.0 Å². The van der Waals surface area contributed by atoms with Crippen molar-refractivity contribution in [2.45, 2.75) is 0 Å². The van der Waals surface area contributed by atoms with Crippen LogP contribution in [-0.2, 0) is 0 Å². The summed E-state index contributed by atoms with van der Waals surface area (Å²) in [7, 11) is 4.57. The molecule has 12 heteroatoms. The molecule has 0 bridgehead atoms. The monoisotopic (exact) mass is 599 g/mol. The standard InChI is InChI=1S/C22H16BrCl2N3O4S2/c1-30-15-6-11(7-16(31-2)19(15)32-3)10-26-28(21(29)13-9-18(24)34-20(13)25)22-27-14-5-4-12(23)8-17(14)33-22/h4-10H,1-3H3/b26-10+. The van der Waals surface area contributed by atoms with Gasteiger partial charge in [-0.25, -0.2) is 4.98 Å². The predicted molar refractivity (Wildman–Crippen MR) is 142 cm³/mol. The van der Waals surface area contributed by atoms with Crippen LogP contribution in [0.25, 0.3) is 10.2 Å². The number of hydrazone groups is 1. The van der Waals surface area contributed by atoms with Crippen molar-refractivity contribution in [2.24, 2.45) is 5.10 Å². The summed E-state index contributed by atoms with van der Waals surface area (Å²) in [6.07, 6.45) is 1.51. The molecule has 2 heterocycles. The zero-order chi connectivity index (χ0) is 24.4. The van der Waals surface area contributed by atoms with Gasteiger partial charge in [0.2, 0.25) is 10.9 Å². The number of halogens is 3. The zero-order valence-electron chi connectivity index (χ0n) is 18.0. The van der Waals surface area contributed by atoms with Crippen LogP contribution in [-0.4, -0.2) is 38.4 Å². The average Bonchev–Trinajstić information content (AvgIpc) is 3.39. The van der Waals surface area contributed by atoms with Gasteiger partial charge in [-0.15, -0.1) is 11.3 Å². The third-order valence-corrected chi connectivity index (χ3v) is 7.58. The second kappa shape index (κ2) is 10.5. The SMILES string of the molecule is COc1cc(/C=N/N(C(=O)c2cc(Cl)sc2Cl)c2nc3ccc(Br)cc3s2)cc(OC)c1OC. The second-order valence-electron chi connectivity index (χ2n) is 6.67. The number of ether oxygens (including phenoxy) is 3. The summed E-state index contributed by atoms with van der Waals surface area (Å²) in [6, 6.07) is 10.6. The molecule has 0 aliphatic carbocycles. The molecule has 0 radical (unpaired) electrons. The highest BCUT2D eigenvalue weighted by atomic mass is 79.9. The Morgan fingerprint density at radius 2 is 1.76 bits per heavy atom. The van der Waals surface area contributed by atoms with E-state index in [1.54, 1.807) is 12.1 Å². The minimum Gasteiger partial charge on any atom is -0.493 e. The number of benzene rings is 2. The number of thiazole rings is 1. The van der Waals surface area contributed by atoms with Gasteiger partial charge in [0.05, 0.1) is 47.7 Å². The summed E-state index contributed by atoms with van der Waals surface area (Å²) in [4.78, 5) is 18.0. The van der Waals surface area contributed by atoms with E-state index in [-0.39, 0.29) is 9.90 Å². The zero-order valence-corrected chi connectivity index (χ0v) is 22.7. The van der Waals surface area contributed by atoms with Gasteiger partial charge in [0.1, 0.15) is 4.34 Å². The lowest BCUT2D eigenvalue weighted by atomic mass is 10.2. The van der Waals surface area contributed by atoms with E-state index < -0.39 is 5.91 Å². The van der Waals surface area contributed by atoms with Gasteiger partial charge in [-0.3, -0.25) is 4.79 Å². The van der Waals surface area contributed by atoms with Gasteiger partial charge >= 0.3 is 0 Å². The Bertz CT molecular complexity index is 1380. The lowest BCUT2D eigenvalue weighted by Crippen LogP contribution is -2.25. The smallest absolute Gasteiger partial charge is 0.283 e. The number of hydrogen-bond acceptors (Lipinski definition) is 8. The number of thiophene rings is 1. The van der Waals surface area contributed by atoms with Gasteiger partial charge in [-0.2, -0.15) is 10.1 Å². The van der Waals surface area contributed by atoms with Gasteiger partial charge in [-0.05, 0) is 36.4 Å². The van der Waals surface area contributed by atoms with Crippen molar-refractivity contribution in [3.05, 3.63) is 60.7 Å². The fraction of sp³-hybridized carbons (Fsp3) is 0.136. The van der Waals surface area contributed by atoms with Crippen LogP contribution in [0.1, 0.15) is 15.9 Å². The van der Waals surface area contributed by atoms with Crippen LogP contribution in [0.5, 0.6) is 17.2 Å². The van der Waals surface area contributed by atoms with Crippen LogP contribution < -0.4 is 19.2 Å². The minimum absolute atomic E-state index is 0.235. The number of methoxy groups -OCH3 is 3. The Labute approximate surface area is 221 Å². The van der Waals surface area contributed by atoms with Crippen LogP contribution in [0.4, 0.5) is 5.13 Å². The van der Waals surface area contributed by atoms with Crippen molar-refractivity contribution in [2.75, 3.05) is 26.3 Å². The number of carbonyl (C=O) groups excluding carboxylic acids is 1. The maximum Gasteiger partial charge on any atom is 0.283 e. The summed E-state index contributed by atoms with van der Waals surface area (Å²) < 4.78 is 18.6. The molecule has 4 aromatic rings. The highest BCUT2D eigenvalue weighted by Gasteiger charge is 2.25. The summed E-state index contributed by atoms with van der Waals surface area (Å²) >= 11 is 18.2. The second-order valence-corrected chi connectivity index (χ2v) is 10.9. The van der Waals surface area contributed by atoms with E-state index in [1.165, 1.54) is 50.0 Å². The molecule has 0 aliphatic rings. The molecule has 2 aromatic carbocycles. The minimum atomic E-state index is -0.463. The van der Waals surface area contributed by atoms with E-state index in [0.29, 0.717) is 32.3 Å². The van der Waals surface area contributed by atoms with Crippen LogP contribution in [0.2, 0.25) is 8.67 Å².